The van der Waals surface area contributed by atoms with Crippen LogP contribution in [-0.4, -0.2) is 23.8 Å². The maximum Gasteiger partial charge on any atom is 0.201 e. The molecule has 0 aliphatic heterocycles. The number of ether oxygens (including phenoxy) is 2. The summed E-state index contributed by atoms with van der Waals surface area (Å²) >= 11 is 0. The van der Waals surface area contributed by atoms with Gasteiger partial charge in [-0.2, -0.15) is 0 Å². The number of nitrogen functional groups attached to an aromatic ring is 1. The van der Waals surface area contributed by atoms with E-state index < -0.39 is 0 Å². The van der Waals surface area contributed by atoms with Crippen molar-refractivity contribution in [3.05, 3.63) is 36.3 Å². The Kier molecular flexibility index (Phi) is 3.21. The minimum atomic E-state index is -0.0666. The van der Waals surface area contributed by atoms with E-state index in [1.807, 2.05) is 35.8 Å². The highest BCUT2D eigenvalue weighted by atomic mass is 16.5. The number of hydrogen-bond acceptors (Lipinski definition) is 5. The Morgan fingerprint density at radius 2 is 1.95 bits per heavy atom. The minimum absolute atomic E-state index is 0.0666. The van der Waals surface area contributed by atoms with Gasteiger partial charge in [0.05, 0.1) is 37.6 Å². The molecule has 2 heterocycles. The van der Waals surface area contributed by atoms with Crippen LogP contribution in [0.5, 0.6) is 11.5 Å². The minimum Gasteiger partial charge on any atom is -0.493 e. The van der Waals surface area contributed by atoms with E-state index in [4.69, 9.17) is 19.6 Å². The molecule has 1 unspecified atom stereocenters. The molecule has 2 N–H and O–H groups in total. The first-order chi connectivity index (χ1) is 10.2. The monoisotopic (exact) mass is 287 g/mol. The number of hydrogen-bond donors (Lipinski definition) is 1. The van der Waals surface area contributed by atoms with Crippen LogP contribution in [0.15, 0.2) is 34.9 Å². The van der Waals surface area contributed by atoms with Gasteiger partial charge in [0.1, 0.15) is 5.76 Å². The normalized spacial score (nSPS) is 12.5. The molecule has 6 heteroatoms. The number of imidazole rings is 1. The maximum absolute atomic E-state index is 6.07. The molecular weight excluding hydrogens is 270 g/mol. The zero-order chi connectivity index (χ0) is 15.0. The Hall–Kier alpha value is -2.63. The molecule has 1 atom stereocenters. The van der Waals surface area contributed by atoms with Crippen molar-refractivity contribution in [2.45, 2.75) is 13.0 Å². The average Bonchev–Trinajstić information content (AvgIpc) is 3.11. The Balaban J connectivity index is 2.20. The predicted octanol–water partition coefficient (Wildman–Crippen LogP) is 2.84. The van der Waals surface area contributed by atoms with Crippen LogP contribution in [0.4, 0.5) is 5.95 Å². The van der Waals surface area contributed by atoms with E-state index in [1.54, 1.807) is 20.5 Å². The lowest BCUT2D eigenvalue weighted by Crippen LogP contribution is -2.09. The van der Waals surface area contributed by atoms with Gasteiger partial charge in [-0.15, -0.1) is 0 Å². The molecule has 6 nitrogen and oxygen atoms in total. The van der Waals surface area contributed by atoms with Crippen LogP contribution in [0.2, 0.25) is 0 Å². The van der Waals surface area contributed by atoms with E-state index in [9.17, 15) is 0 Å². The standard InChI is InChI=1S/C15H17N3O3/c1-9(12-5-4-6-21-12)18-11-8-14(20-3)13(19-2)7-10(11)17-15(18)16/h4-9H,1-3H3,(H2,16,17). The van der Waals surface area contributed by atoms with Crippen molar-refractivity contribution in [2.75, 3.05) is 20.0 Å². The first-order valence-electron chi connectivity index (χ1n) is 6.58. The Morgan fingerprint density at radius 3 is 2.57 bits per heavy atom. The van der Waals surface area contributed by atoms with E-state index in [0.29, 0.717) is 17.4 Å². The van der Waals surface area contributed by atoms with Gasteiger partial charge < -0.3 is 19.6 Å². The van der Waals surface area contributed by atoms with Gasteiger partial charge in [0, 0.05) is 12.1 Å². The third kappa shape index (κ3) is 2.08. The number of nitrogens with two attached hydrogens (primary N) is 1. The van der Waals surface area contributed by atoms with E-state index in [-0.39, 0.29) is 6.04 Å². The molecule has 0 fully saturated rings. The smallest absolute Gasteiger partial charge is 0.201 e. The van der Waals surface area contributed by atoms with E-state index >= 15 is 0 Å². The van der Waals surface area contributed by atoms with Crippen LogP contribution in [0.3, 0.4) is 0 Å². The summed E-state index contributed by atoms with van der Waals surface area (Å²) in [5.41, 5.74) is 7.69. The summed E-state index contributed by atoms with van der Waals surface area (Å²) in [5, 5.41) is 0. The number of furan rings is 1. The second-order valence-electron chi connectivity index (χ2n) is 4.73. The molecule has 0 spiro atoms. The zero-order valence-corrected chi connectivity index (χ0v) is 12.2. The molecule has 3 rings (SSSR count). The molecule has 0 radical (unpaired) electrons. The number of benzene rings is 1. The number of anilines is 1. The number of methoxy groups -OCH3 is 2. The van der Waals surface area contributed by atoms with Gasteiger partial charge >= 0.3 is 0 Å². The number of fused-ring (bicyclic) bond motifs is 1. The van der Waals surface area contributed by atoms with Gasteiger partial charge in [0.15, 0.2) is 11.5 Å². The van der Waals surface area contributed by atoms with Gasteiger partial charge in [0.25, 0.3) is 0 Å². The van der Waals surface area contributed by atoms with Crippen LogP contribution < -0.4 is 15.2 Å². The fraction of sp³-hybridized carbons (Fsp3) is 0.267. The molecule has 110 valence electrons. The number of nitrogens with zero attached hydrogens (tertiary/aromatic N) is 2. The first kappa shape index (κ1) is 13.4. The Bertz CT molecular complexity index is 762. The summed E-state index contributed by atoms with van der Waals surface area (Å²) in [4.78, 5) is 4.39. The number of aromatic nitrogens is 2. The van der Waals surface area contributed by atoms with Crippen molar-refractivity contribution in [3.63, 3.8) is 0 Å². The highest BCUT2D eigenvalue weighted by Crippen LogP contribution is 2.35. The summed E-state index contributed by atoms with van der Waals surface area (Å²) in [6, 6.07) is 7.39. The van der Waals surface area contributed by atoms with Crippen molar-refractivity contribution in [1.29, 1.82) is 0 Å². The molecule has 0 amide bonds. The molecule has 0 saturated carbocycles. The van der Waals surface area contributed by atoms with Crippen molar-refractivity contribution in [2.24, 2.45) is 0 Å². The summed E-state index contributed by atoms with van der Waals surface area (Å²) in [7, 11) is 3.19. The molecule has 3 aromatic rings. The first-order valence-corrected chi connectivity index (χ1v) is 6.58. The maximum atomic E-state index is 6.07. The van der Waals surface area contributed by atoms with Crippen LogP contribution in [0.25, 0.3) is 11.0 Å². The molecule has 0 saturated heterocycles. The van der Waals surface area contributed by atoms with E-state index in [1.165, 1.54) is 0 Å². The summed E-state index contributed by atoms with van der Waals surface area (Å²) in [6.45, 7) is 2.01. The van der Waals surface area contributed by atoms with Crippen molar-refractivity contribution < 1.29 is 13.9 Å². The molecule has 0 bridgehead atoms. The second-order valence-corrected chi connectivity index (χ2v) is 4.73. The molecule has 2 aromatic heterocycles. The lowest BCUT2D eigenvalue weighted by atomic mass is 10.2. The van der Waals surface area contributed by atoms with Crippen LogP contribution in [0.1, 0.15) is 18.7 Å². The van der Waals surface area contributed by atoms with Crippen molar-refractivity contribution in [1.82, 2.24) is 9.55 Å². The average molecular weight is 287 g/mol. The fourth-order valence-corrected chi connectivity index (χ4v) is 2.50. The van der Waals surface area contributed by atoms with Gasteiger partial charge in [-0.25, -0.2) is 4.98 Å². The predicted molar refractivity (Wildman–Crippen MR) is 79.8 cm³/mol. The summed E-state index contributed by atoms with van der Waals surface area (Å²) < 4.78 is 18.0. The molecular formula is C15H17N3O3. The molecule has 21 heavy (non-hydrogen) atoms. The Morgan fingerprint density at radius 1 is 1.24 bits per heavy atom. The topological polar surface area (TPSA) is 75.4 Å². The lowest BCUT2D eigenvalue weighted by Gasteiger charge is -2.14. The molecule has 0 aliphatic carbocycles. The lowest BCUT2D eigenvalue weighted by molar-refractivity contribution is 0.355. The Labute approximate surface area is 122 Å². The fourth-order valence-electron chi connectivity index (χ4n) is 2.50. The third-order valence-corrected chi connectivity index (χ3v) is 3.56. The van der Waals surface area contributed by atoms with Crippen LogP contribution >= 0.6 is 0 Å². The zero-order valence-electron chi connectivity index (χ0n) is 12.2. The highest BCUT2D eigenvalue weighted by molar-refractivity contribution is 5.82. The van der Waals surface area contributed by atoms with Crippen LogP contribution in [0, 0.1) is 0 Å². The van der Waals surface area contributed by atoms with Gasteiger partial charge in [-0.1, -0.05) is 0 Å². The van der Waals surface area contributed by atoms with E-state index in [2.05, 4.69) is 4.98 Å². The summed E-state index contributed by atoms with van der Waals surface area (Å²) in [6.07, 6.45) is 1.64. The van der Waals surface area contributed by atoms with Crippen molar-refractivity contribution >= 4 is 17.0 Å². The summed E-state index contributed by atoms with van der Waals surface area (Å²) in [5.74, 6) is 2.50. The largest absolute Gasteiger partial charge is 0.493 e. The third-order valence-electron chi connectivity index (χ3n) is 3.56. The van der Waals surface area contributed by atoms with E-state index in [0.717, 1.165) is 16.8 Å². The highest BCUT2D eigenvalue weighted by Gasteiger charge is 2.19. The van der Waals surface area contributed by atoms with Gasteiger partial charge in [-0.3, -0.25) is 4.57 Å². The van der Waals surface area contributed by atoms with Crippen molar-refractivity contribution in [3.8, 4) is 11.5 Å². The van der Waals surface area contributed by atoms with Gasteiger partial charge in [0.2, 0.25) is 5.95 Å². The van der Waals surface area contributed by atoms with Gasteiger partial charge in [-0.05, 0) is 19.1 Å². The van der Waals surface area contributed by atoms with Crippen LogP contribution in [-0.2, 0) is 0 Å². The second kappa shape index (κ2) is 5.05. The quantitative estimate of drug-likeness (QED) is 0.798. The SMILES string of the molecule is COc1cc2nc(N)n(C(C)c3ccco3)c2cc1OC. The molecule has 1 aromatic carbocycles. The molecule has 0 aliphatic rings. The number of rotatable bonds is 4.